The van der Waals surface area contributed by atoms with E-state index in [0.29, 0.717) is 0 Å². The summed E-state index contributed by atoms with van der Waals surface area (Å²) >= 11 is 0. The lowest BCUT2D eigenvalue weighted by atomic mass is 10.1. The largest absolute Gasteiger partial charge is 0.415 e. The predicted octanol–water partition coefficient (Wildman–Crippen LogP) is 5.31. The third kappa shape index (κ3) is 13.7. The predicted molar refractivity (Wildman–Crippen MR) is 96.1 cm³/mol. The van der Waals surface area contributed by atoms with Gasteiger partial charge in [-0.3, -0.25) is 0 Å². The van der Waals surface area contributed by atoms with Gasteiger partial charge in [-0.15, -0.1) is 0 Å². The Morgan fingerprint density at radius 2 is 1.00 bits per heavy atom. The lowest BCUT2D eigenvalue weighted by Gasteiger charge is -2.32. The Morgan fingerprint density at radius 3 is 1.29 bits per heavy atom. The quantitative estimate of drug-likeness (QED) is 0.357. The molecule has 21 heavy (non-hydrogen) atoms. The second-order valence-electron chi connectivity index (χ2n) is 7.67. The Bertz CT molecular complexity index is 240. The molecule has 0 aromatic rings. The van der Waals surface area contributed by atoms with Crippen molar-refractivity contribution in [2.75, 3.05) is 13.2 Å². The van der Waals surface area contributed by atoms with Gasteiger partial charge in [-0.1, -0.05) is 27.7 Å². The van der Waals surface area contributed by atoms with Gasteiger partial charge in [-0.25, -0.2) is 0 Å². The summed E-state index contributed by atoms with van der Waals surface area (Å²) in [7, 11) is -4.11. The van der Waals surface area contributed by atoms with Crippen LogP contribution in [0.1, 0.15) is 53.4 Å². The van der Waals surface area contributed by atoms with Crippen LogP contribution < -0.4 is 0 Å². The highest BCUT2D eigenvalue weighted by Gasteiger charge is 2.36. The van der Waals surface area contributed by atoms with Gasteiger partial charge in [-0.05, 0) is 63.7 Å². The van der Waals surface area contributed by atoms with E-state index in [2.05, 4.69) is 53.9 Å². The highest BCUT2D eigenvalue weighted by molar-refractivity contribution is 6.78. The van der Waals surface area contributed by atoms with Crippen LogP contribution in [0.15, 0.2) is 0 Å². The van der Waals surface area contributed by atoms with E-state index in [1.54, 1.807) is 0 Å². The van der Waals surface area contributed by atoms with Crippen LogP contribution in [0.3, 0.4) is 0 Å². The summed E-state index contributed by atoms with van der Waals surface area (Å²) < 4.78 is 18.3. The molecule has 0 unspecified atom stereocenters. The van der Waals surface area contributed by atoms with Crippen LogP contribution in [-0.2, 0) is 13.0 Å². The fourth-order valence-electron chi connectivity index (χ4n) is 2.27. The van der Waals surface area contributed by atoms with Crippen LogP contribution in [0.5, 0.6) is 0 Å². The molecule has 0 fully saturated rings. The van der Waals surface area contributed by atoms with Crippen molar-refractivity contribution in [3.63, 3.8) is 0 Å². The van der Waals surface area contributed by atoms with Gasteiger partial charge in [0.1, 0.15) is 0 Å². The minimum absolute atomic E-state index is 0.745. The van der Waals surface area contributed by atoms with Crippen molar-refractivity contribution in [2.45, 2.75) is 79.6 Å². The van der Waals surface area contributed by atoms with E-state index < -0.39 is 17.1 Å². The Hall–Kier alpha value is 0.314. The lowest BCUT2D eigenvalue weighted by Crippen LogP contribution is -2.48. The summed E-state index contributed by atoms with van der Waals surface area (Å²) in [6.45, 7) is 19.2. The van der Waals surface area contributed by atoms with Crippen molar-refractivity contribution in [1.29, 1.82) is 0 Å². The van der Waals surface area contributed by atoms with Gasteiger partial charge in [0.15, 0.2) is 0 Å². The Balaban J connectivity index is 3.98. The molecule has 0 aromatic carbocycles. The summed E-state index contributed by atoms with van der Waals surface area (Å²) in [5, 5.41) is 0. The molecule has 0 heterocycles. The fraction of sp³-hybridized carbons (Fsp3) is 1.00. The summed E-state index contributed by atoms with van der Waals surface area (Å²) in [6.07, 6.45) is 4.68. The van der Waals surface area contributed by atoms with E-state index in [1.165, 1.54) is 12.8 Å². The van der Waals surface area contributed by atoms with Crippen LogP contribution in [-0.4, -0.2) is 30.3 Å². The third-order valence-electron chi connectivity index (χ3n) is 3.24. The monoisotopic (exact) mass is 334 g/mol. The van der Waals surface area contributed by atoms with Crippen LogP contribution in [0.25, 0.3) is 0 Å². The Kier molecular flexibility index (Phi) is 10.3. The van der Waals surface area contributed by atoms with E-state index in [9.17, 15) is 0 Å². The molecule has 0 N–H and O–H groups in total. The van der Waals surface area contributed by atoms with Crippen LogP contribution >= 0.6 is 0 Å². The number of rotatable bonds is 12. The topological polar surface area (TPSA) is 27.7 Å². The van der Waals surface area contributed by atoms with Crippen LogP contribution in [0.2, 0.25) is 26.2 Å². The first-order valence-electron chi connectivity index (χ1n) is 8.52. The zero-order valence-corrected chi connectivity index (χ0v) is 17.6. The van der Waals surface area contributed by atoms with Crippen molar-refractivity contribution in [1.82, 2.24) is 0 Å². The van der Waals surface area contributed by atoms with E-state index in [1.807, 2.05) is 0 Å². The summed E-state index contributed by atoms with van der Waals surface area (Å²) in [5.74, 6) is 1.49. The molecule has 0 saturated carbocycles. The minimum atomic E-state index is -2.06. The van der Waals surface area contributed by atoms with Crippen molar-refractivity contribution < 1.29 is 13.0 Å². The first-order valence-corrected chi connectivity index (χ1v) is 14.2. The maximum Gasteiger partial charge on any atom is 0.322 e. The van der Waals surface area contributed by atoms with Gasteiger partial charge in [0.05, 0.1) is 0 Å². The highest BCUT2D eigenvalue weighted by atomic mass is 28.5. The Labute approximate surface area is 135 Å². The fourth-order valence-corrected chi connectivity index (χ4v) is 8.75. The van der Waals surface area contributed by atoms with E-state index in [0.717, 1.165) is 37.9 Å². The average Bonchev–Trinajstić information content (AvgIpc) is 2.28. The molecule has 0 saturated heterocycles. The van der Waals surface area contributed by atoms with Crippen molar-refractivity contribution >= 4 is 17.1 Å². The normalized spacial score (nSPS) is 13.4. The molecule has 0 amide bonds. The molecule has 0 spiro atoms. The molecule has 0 rings (SSSR count). The molecule has 128 valence electrons. The second kappa shape index (κ2) is 10.2. The van der Waals surface area contributed by atoms with Gasteiger partial charge in [0, 0.05) is 13.2 Å². The van der Waals surface area contributed by atoms with Crippen LogP contribution in [0, 0.1) is 11.8 Å². The number of hydrogen-bond donors (Lipinski definition) is 0. The third-order valence-corrected chi connectivity index (χ3v) is 8.97. The van der Waals surface area contributed by atoms with E-state index in [4.69, 9.17) is 13.0 Å². The maximum absolute atomic E-state index is 6.27. The maximum atomic E-state index is 6.27. The van der Waals surface area contributed by atoms with Gasteiger partial charge < -0.3 is 13.0 Å². The summed E-state index contributed by atoms with van der Waals surface area (Å²) in [6, 6.07) is 0. The molecule has 3 nitrogen and oxygen atoms in total. The van der Waals surface area contributed by atoms with E-state index in [-0.39, 0.29) is 0 Å². The smallest absolute Gasteiger partial charge is 0.322 e. The van der Waals surface area contributed by atoms with Crippen molar-refractivity contribution in [2.24, 2.45) is 11.8 Å². The minimum Gasteiger partial charge on any atom is -0.415 e. The molecule has 0 radical (unpaired) electrons. The molecular formula is C16H38O3Si2. The zero-order valence-electron chi connectivity index (χ0n) is 15.6. The first kappa shape index (κ1) is 21.3. The lowest BCUT2D eigenvalue weighted by molar-refractivity contribution is 0.188. The summed E-state index contributed by atoms with van der Waals surface area (Å²) in [5.41, 5.74) is 0. The highest BCUT2D eigenvalue weighted by Crippen LogP contribution is 2.18. The van der Waals surface area contributed by atoms with E-state index >= 15 is 0 Å². The average molecular weight is 335 g/mol. The molecule has 5 heteroatoms. The summed E-state index contributed by atoms with van der Waals surface area (Å²) in [4.78, 5) is 0. The first-order chi connectivity index (χ1) is 9.54. The molecule has 0 bridgehead atoms. The molecule has 0 aliphatic carbocycles. The SMILES string of the molecule is CC(C)CCCO[Si](C)(C)O[Si](C)(C)OCCCC(C)C. The Morgan fingerprint density at radius 1 is 0.667 bits per heavy atom. The zero-order chi connectivity index (χ0) is 16.5. The second-order valence-corrected chi connectivity index (χ2v) is 14.7. The molecular weight excluding hydrogens is 296 g/mol. The van der Waals surface area contributed by atoms with Gasteiger partial charge in [0.2, 0.25) is 0 Å². The van der Waals surface area contributed by atoms with Gasteiger partial charge in [0.25, 0.3) is 0 Å². The van der Waals surface area contributed by atoms with Gasteiger partial charge >= 0.3 is 17.1 Å². The van der Waals surface area contributed by atoms with Gasteiger partial charge in [-0.2, -0.15) is 0 Å². The van der Waals surface area contributed by atoms with Crippen LogP contribution in [0.4, 0.5) is 0 Å². The molecule has 0 aliphatic rings. The van der Waals surface area contributed by atoms with Crippen molar-refractivity contribution in [3.8, 4) is 0 Å². The molecule has 0 aliphatic heterocycles. The van der Waals surface area contributed by atoms with Crippen molar-refractivity contribution in [3.05, 3.63) is 0 Å². The molecule has 0 aromatic heterocycles. The standard InChI is InChI=1S/C16H38O3Si2/c1-15(2)11-9-13-17-20(5,6)19-21(7,8)18-14-10-12-16(3)4/h15-16H,9-14H2,1-8H3. The number of hydrogen-bond acceptors (Lipinski definition) is 3. The molecule has 0 atom stereocenters.